The number of hydrogen-bond acceptors (Lipinski definition) is 4. The lowest BCUT2D eigenvalue weighted by Gasteiger charge is -2.36. The fourth-order valence-corrected chi connectivity index (χ4v) is 3.47. The van der Waals surface area contributed by atoms with Gasteiger partial charge in [-0.1, -0.05) is 29.8 Å². The molecule has 144 valence electrons. The minimum atomic E-state index is 0.228. The van der Waals surface area contributed by atoms with E-state index in [9.17, 15) is 4.79 Å². The van der Waals surface area contributed by atoms with Crippen LogP contribution in [-0.2, 0) is 4.79 Å². The number of amides is 1. The zero-order valence-corrected chi connectivity index (χ0v) is 16.8. The lowest BCUT2D eigenvalue weighted by atomic mass is 10.1. The molecule has 1 fully saturated rings. The fraction of sp³-hybridized carbons (Fsp3) is 0.429. The van der Waals surface area contributed by atoms with Crippen molar-refractivity contribution in [1.29, 1.82) is 0 Å². The number of rotatable bonds is 6. The van der Waals surface area contributed by atoms with Gasteiger partial charge in [0.25, 0.3) is 0 Å². The molecule has 0 saturated carbocycles. The highest BCUT2D eigenvalue weighted by Gasteiger charge is 2.22. The first kappa shape index (κ1) is 19.6. The first-order valence-corrected chi connectivity index (χ1v) is 9.82. The van der Waals surface area contributed by atoms with Crippen LogP contribution in [0.1, 0.15) is 24.9 Å². The van der Waals surface area contributed by atoms with Crippen LogP contribution in [0, 0.1) is 0 Å². The van der Waals surface area contributed by atoms with Crippen LogP contribution in [0.15, 0.2) is 48.7 Å². The summed E-state index contributed by atoms with van der Waals surface area (Å²) in [5.41, 5.74) is 1.21. The lowest BCUT2D eigenvalue weighted by Crippen LogP contribution is -2.49. The Morgan fingerprint density at radius 2 is 1.85 bits per heavy atom. The number of benzene rings is 1. The van der Waals surface area contributed by atoms with Crippen LogP contribution < -0.4 is 4.90 Å². The molecule has 0 bridgehead atoms. The molecule has 0 N–H and O–H groups in total. The van der Waals surface area contributed by atoms with Crippen LogP contribution in [0.3, 0.4) is 0 Å². The van der Waals surface area contributed by atoms with E-state index in [1.54, 1.807) is 0 Å². The number of piperazine rings is 1. The van der Waals surface area contributed by atoms with E-state index in [1.165, 1.54) is 5.56 Å². The molecule has 1 atom stereocenters. The van der Waals surface area contributed by atoms with Gasteiger partial charge in [0.1, 0.15) is 5.82 Å². The van der Waals surface area contributed by atoms with Crippen LogP contribution >= 0.6 is 11.6 Å². The monoisotopic (exact) mass is 386 g/mol. The number of carbonyl (C=O) groups is 1. The normalized spacial score (nSPS) is 15.9. The fourth-order valence-electron chi connectivity index (χ4n) is 3.35. The van der Waals surface area contributed by atoms with Gasteiger partial charge in [0.05, 0.1) is 0 Å². The Morgan fingerprint density at radius 1 is 1.15 bits per heavy atom. The van der Waals surface area contributed by atoms with Gasteiger partial charge in [-0.15, -0.1) is 0 Å². The average molecular weight is 387 g/mol. The van der Waals surface area contributed by atoms with Crippen LogP contribution in [0.5, 0.6) is 0 Å². The first-order valence-electron chi connectivity index (χ1n) is 9.44. The van der Waals surface area contributed by atoms with E-state index in [-0.39, 0.29) is 11.9 Å². The Kier molecular flexibility index (Phi) is 6.69. The van der Waals surface area contributed by atoms with E-state index in [0.717, 1.165) is 43.6 Å². The molecule has 5 nitrogen and oxygen atoms in total. The average Bonchev–Trinajstić information content (AvgIpc) is 2.72. The van der Waals surface area contributed by atoms with Crippen LogP contribution in [0.2, 0.25) is 5.02 Å². The van der Waals surface area contributed by atoms with E-state index in [4.69, 9.17) is 11.6 Å². The number of hydrogen-bond donors (Lipinski definition) is 0. The van der Waals surface area contributed by atoms with Crippen molar-refractivity contribution in [2.45, 2.75) is 19.4 Å². The number of carbonyl (C=O) groups excluding carboxylic acids is 1. The number of nitrogens with zero attached hydrogens (tertiary/aromatic N) is 4. The van der Waals surface area contributed by atoms with Gasteiger partial charge in [0.15, 0.2) is 0 Å². The molecule has 1 aliphatic heterocycles. The molecule has 1 aromatic heterocycles. The highest BCUT2D eigenvalue weighted by Crippen LogP contribution is 2.21. The molecule has 2 aromatic rings. The van der Waals surface area contributed by atoms with Gasteiger partial charge in [-0.3, -0.25) is 9.69 Å². The summed E-state index contributed by atoms with van der Waals surface area (Å²) in [5.74, 6) is 1.21. The number of anilines is 1. The summed E-state index contributed by atoms with van der Waals surface area (Å²) in [5, 5.41) is 0.744. The second kappa shape index (κ2) is 9.20. The molecule has 6 heteroatoms. The quantitative estimate of drug-likeness (QED) is 0.762. The SMILES string of the molecule is CC(c1ccc(Cl)cc1)N(C)CCC(=O)N1CCN(c2ccccn2)CC1. The summed E-state index contributed by atoms with van der Waals surface area (Å²) in [6, 6.07) is 14.1. The van der Waals surface area contributed by atoms with Crippen LogP contribution in [-0.4, -0.2) is 60.5 Å². The maximum atomic E-state index is 12.6. The van der Waals surface area contributed by atoms with E-state index in [0.29, 0.717) is 6.42 Å². The smallest absolute Gasteiger partial charge is 0.223 e. The van der Waals surface area contributed by atoms with Gasteiger partial charge < -0.3 is 9.80 Å². The van der Waals surface area contributed by atoms with Crippen molar-refractivity contribution in [1.82, 2.24) is 14.8 Å². The maximum Gasteiger partial charge on any atom is 0.223 e. The second-order valence-corrected chi connectivity index (χ2v) is 7.45. The van der Waals surface area contributed by atoms with Crippen molar-refractivity contribution in [3.05, 3.63) is 59.2 Å². The van der Waals surface area contributed by atoms with Crippen LogP contribution in [0.25, 0.3) is 0 Å². The second-order valence-electron chi connectivity index (χ2n) is 7.01. The van der Waals surface area contributed by atoms with Crippen molar-refractivity contribution in [2.75, 3.05) is 44.7 Å². The largest absolute Gasteiger partial charge is 0.353 e. The number of halogens is 1. The third kappa shape index (κ3) is 5.21. The van der Waals surface area contributed by atoms with Crippen molar-refractivity contribution >= 4 is 23.3 Å². The Morgan fingerprint density at radius 3 is 2.48 bits per heavy atom. The third-order valence-corrected chi connectivity index (χ3v) is 5.55. The zero-order chi connectivity index (χ0) is 19.2. The first-order chi connectivity index (χ1) is 13.0. The molecule has 1 saturated heterocycles. The predicted octanol–water partition coefficient (Wildman–Crippen LogP) is 3.47. The maximum absolute atomic E-state index is 12.6. The molecular weight excluding hydrogens is 360 g/mol. The van der Waals surface area contributed by atoms with E-state index >= 15 is 0 Å². The van der Waals surface area contributed by atoms with Crippen molar-refractivity contribution in [3.8, 4) is 0 Å². The van der Waals surface area contributed by atoms with Crippen LogP contribution in [0.4, 0.5) is 5.82 Å². The van der Waals surface area contributed by atoms with E-state index in [2.05, 4.69) is 28.8 Å². The molecule has 1 aliphatic rings. The third-order valence-electron chi connectivity index (χ3n) is 5.30. The molecule has 0 aliphatic carbocycles. The van der Waals surface area contributed by atoms with Gasteiger partial charge in [-0.25, -0.2) is 4.98 Å². The van der Waals surface area contributed by atoms with E-state index in [1.807, 2.05) is 53.6 Å². The molecule has 2 heterocycles. The molecule has 1 amide bonds. The van der Waals surface area contributed by atoms with Gasteiger partial charge in [-0.05, 0) is 43.8 Å². The summed E-state index contributed by atoms with van der Waals surface area (Å²) in [7, 11) is 2.06. The van der Waals surface area contributed by atoms with Gasteiger partial charge in [-0.2, -0.15) is 0 Å². The molecule has 1 aromatic carbocycles. The standard InChI is InChI=1S/C21H27ClN4O/c1-17(18-6-8-19(22)9-7-18)24(2)12-10-21(27)26-15-13-25(14-16-26)20-5-3-4-11-23-20/h3-9,11,17H,10,12-16H2,1-2H3. The number of aromatic nitrogens is 1. The Labute approximate surface area is 166 Å². The summed E-state index contributed by atoms with van der Waals surface area (Å²) in [6.45, 7) is 6.07. The van der Waals surface area contributed by atoms with Crippen molar-refractivity contribution in [3.63, 3.8) is 0 Å². The molecule has 0 radical (unpaired) electrons. The van der Waals surface area contributed by atoms with Gasteiger partial charge >= 0.3 is 0 Å². The summed E-state index contributed by atoms with van der Waals surface area (Å²) in [6.07, 6.45) is 2.35. The predicted molar refractivity (Wildman–Crippen MR) is 110 cm³/mol. The summed E-state index contributed by atoms with van der Waals surface area (Å²) in [4.78, 5) is 23.4. The Hall–Kier alpha value is -2.11. The molecule has 27 heavy (non-hydrogen) atoms. The lowest BCUT2D eigenvalue weighted by molar-refractivity contribution is -0.131. The molecular formula is C21H27ClN4O. The number of pyridine rings is 1. The molecule has 3 rings (SSSR count). The minimum Gasteiger partial charge on any atom is -0.353 e. The van der Waals surface area contributed by atoms with Crippen molar-refractivity contribution < 1.29 is 4.79 Å². The van der Waals surface area contributed by atoms with E-state index < -0.39 is 0 Å². The minimum absolute atomic E-state index is 0.228. The van der Waals surface area contributed by atoms with Crippen molar-refractivity contribution in [2.24, 2.45) is 0 Å². The molecule has 1 unspecified atom stereocenters. The summed E-state index contributed by atoms with van der Waals surface area (Å²) < 4.78 is 0. The Bertz CT molecular complexity index is 730. The highest BCUT2D eigenvalue weighted by molar-refractivity contribution is 6.30. The van der Waals surface area contributed by atoms with Gasteiger partial charge in [0.2, 0.25) is 5.91 Å². The highest BCUT2D eigenvalue weighted by atomic mass is 35.5. The zero-order valence-electron chi connectivity index (χ0n) is 16.0. The molecule has 0 spiro atoms. The summed E-state index contributed by atoms with van der Waals surface area (Å²) >= 11 is 5.96. The van der Waals surface area contributed by atoms with Gasteiger partial charge in [0, 0.05) is 56.4 Å². The Balaban J connectivity index is 1.45. The topological polar surface area (TPSA) is 39.7 Å².